The fraction of sp³-hybridized carbons (Fsp3) is 0.300. The summed E-state index contributed by atoms with van der Waals surface area (Å²) in [6.45, 7) is 0. The Morgan fingerprint density at radius 1 is 1.41 bits per heavy atom. The lowest BCUT2D eigenvalue weighted by Gasteiger charge is -2.15. The van der Waals surface area contributed by atoms with Crippen molar-refractivity contribution in [2.45, 2.75) is 6.29 Å². The zero-order chi connectivity index (χ0) is 12.6. The zero-order valence-corrected chi connectivity index (χ0v) is 10.3. The standard InChI is InChI=1S/C10H8BrF2NO3/c1-14(9(15)5-11)6-2-3-7-8(4-6)17-10(12,13)16-7/h2-4H,5H2,1H3. The topological polar surface area (TPSA) is 38.8 Å². The van der Waals surface area contributed by atoms with Gasteiger partial charge in [-0.3, -0.25) is 4.79 Å². The van der Waals surface area contributed by atoms with E-state index in [4.69, 9.17) is 0 Å². The molecule has 92 valence electrons. The molecule has 0 saturated heterocycles. The summed E-state index contributed by atoms with van der Waals surface area (Å²) >= 11 is 3.03. The van der Waals surface area contributed by atoms with Gasteiger partial charge in [-0.05, 0) is 12.1 Å². The largest absolute Gasteiger partial charge is 0.586 e. The lowest BCUT2D eigenvalue weighted by Crippen LogP contribution is -2.27. The van der Waals surface area contributed by atoms with Crippen molar-refractivity contribution >= 4 is 27.5 Å². The van der Waals surface area contributed by atoms with Crippen molar-refractivity contribution in [2.24, 2.45) is 0 Å². The molecule has 4 nitrogen and oxygen atoms in total. The van der Waals surface area contributed by atoms with Crippen molar-refractivity contribution < 1.29 is 23.0 Å². The Morgan fingerprint density at radius 3 is 2.71 bits per heavy atom. The molecule has 1 aromatic carbocycles. The number of carbonyl (C=O) groups excluding carboxylic acids is 1. The summed E-state index contributed by atoms with van der Waals surface area (Å²) in [7, 11) is 1.54. The van der Waals surface area contributed by atoms with Gasteiger partial charge in [0.1, 0.15) is 0 Å². The maximum Gasteiger partial charge on any atom is 0.586 e. The van der Waals surface area contributed by atoms with Crippen molar-refractivity contribution in [3.8, 4) is 11.5 Å². The minimum Gasteiger partial charge on any atom is -0.395 e. The molecule has 1 aliphatic heterocycles. The van der Waals surface area contributed by atoms with E-state index in [2.05, 4.69) is 25.4 Å². The summed E-state index contributed by atoms with van der Waals surface area (Å²) in [6.07, 6.45) is -3.64. The minimum atomic E-state index is -3.64. The van der Waals surface area contributed by atoms with E-state index in [1.807, 2.05) is 0 Å². The average molecular weight is 308 g/mol. The van der Waals surface area contributed by atoms with E-state index in [0.717, 1.165) is 0 Å². The van der Waals surface area contributed by atoms with Gasteiger partial charge in [-0.15, -0.1) is 8.78 Å². The Labute approximate surface area is 104 Å². The summed E-state index contributed by atoms with van der Waals surface area (Å²) in [5.74, 6) is -0.323. The third-order valence-electron chi connectivity index (χ3n) is 2.26. The smallest absolute Gasteiger partial charge is 0.395 e. The van der Waals surface area contributed by atoms with E-state index >= 15 is 0 Å². The molecule has 0 fully saturated rings. The summed E-state index contributed by atoms with van der Waals surface area (Å²) in [6, 6.07) is 4.17. The van der Waals surface area contributed by atoms with Gasteiger partial charge in [0.15, 0.2) is 11.5 Å². The van der Waals surface area contributed by atoms with Gasteiger partial charge in [-0.25, -0.2) is 0 Å². The number of benzene rings is 1. The molecule has 7 heteroatoms. The molecule has 1 heterocycles. The fourth-order valence-electron chi connectivity index (χ4n) is 1.38. The van der Waals surface area contributed by atoms with Crippen LogP contribution in [-0.2, 0) is 4.79 Å². The molecule has 0 aromatic heterocycles. The van der Waals surface area contributed by atoms with Crippen molar-refractivity contribution in [2.75, 3.05) is 17.3 Å². The SMILES string of the molecule is CN(C(=O)CBr)c1ccc2c(c1)OC(F)(F)O2. The molecule has 1 aliphatic rings. The Balaban J connectivity index is 2.28. The number of fused-ring (bicyclic) bond motifs is 1. The van der Waals surface area contributed by atoms with E-state index < -0.39 is 6.29 Å². The van der Waals surface area contributed by atoms with Crippen molar-refractivity contribution in [1.82, 2.24) is 0 Å². The van der Waals surface area contributed by atoms with Gasteiger partial charge in [0.05, 0.1) is 5.33 Å². The average Bonchev–Trinajstić information content (AvgIpc) is 2.59. The van der Waals surface area contributed by atoms with Gasteiger partial charge in [0.2, 0.25) is 5.91 Å². The number of hydrogen-bond donors (Lipinski definition) is 0. The highest BCUT2D eigenvalue weighted by atomic mass is 79.9. The van der Waals surface area contributed by atoms with E-state index in [1.165, 1.54) is 23.1 Å². The number of carbonyl (C=O) groups is 1. The van der Waals surface area contributed by atoms with Crippen LogP contribution in [0.2, 0.25) is 0 Å². The van der Waals surface area contributed by atoms with Crippen LogP contribution >= 0.6 is 15.9 Å². The second kappa shape index (κ2) is 4.14. The lowest BCUT2D eigenvalue weighted by atomic mass is 10.2. The number of anilines is 1. The molecule has 1 amide bonds. The van der Waals surface area contributed by atoms with Crippen LogP contribution in [0.1, 0.15) is 0 Å². The molecule has 0 unspecified atom stereocenters. The number of ether oxygens (including phenoxy) is 2. The van der Waals surface area contributed by atoms with Crippen LogP contribution in [-0.4, -0.2) is 24.6 Å². The van der Waals surface area contributed by atoms with Crippen LogP contribution < -0.4 is 14.4 Å². The van der Waals surface area contributed by atoms with Crippen LogP contribution in [0, 0.1) is 0 Å². The molecule has 0 atom stereocenters. The predicted molar refractivity (Wildman–Crippen MR) is 59.8 cm³/mol. The predicted octanol–water partition coefficient (Wildman–Crippen LogP) is 2.37. The zero-order valence-electron chi connectivity index (χ0n) is 8.75. The van der Waals surface area contributed by atoms with Gasteiger partial charge in [-0.1, -0.05) is 15.9 Å². The first-order chi connectivity index (χ1) is 7.93. The second-order valence-corrected chi connectivity index (χ2v) is 3.95. The molecule has 0 N–H and O–H groups in total. The summed E-state index contributed by atoms with van der Waals surface area (Å²) in [4.78, 5) is 12.7. The van der Waals surface area contributed by atoms with Gasteiger partial charge in [-0.2, -0.15) is 0 Å². The van der Waals surface area contributed by atoms with E-state index in [0.29, 0.717) is 5.69 Å². The molecule has 0 spiro atoms. The summed E-state index contributed by atoms with van der Waals surface area (Å²) in [5.41, 5.74) is 0.453. The Kier molecular flexibility index (Phi) is 2.94. The Bertz CT molecular complexity index is 467. The maximum atomic E-state index is 12.8. The quantitative estimate of drug-likeness (QED) is 0.787. The number of alkyl halides is 3. The number of hydrogen-bond acceptors (Lipinski definition) is 3. The van der Waals surface area contributed by atoms with Crippen molar-refractivity contribution in [3.63, 3.8) is 0 Å². The number of amides is 1. The summed E-state index contributed by atoms with van der Waals surface area (Å²) in [5, 5.41) is 0.147. The molecule has 0 radical (unpaired) electrons. The lowest BCUT2D eigenvalue weighted by molar-refractivity contribution is -0.286. The normalized spacial score (nSPS) is 15.8. The first-order valence-electron chi connectivity index (χ1n) is 4.65. The number of rotatable bonds is 2. The molecular formula is C10H8BrF2NO3. The number of nitrogens with zero attached hydrogens (tertiary/aromatic N) is 1. The van der Waals surface area contributed by atoms with Gasteiger partial charge >= 0.3 is 6.29 Å². The van der Waals surface area contributed by atoms with Crippen LogP contribution in [0.4, 0.5) is 14.5 Å². The molecule has 17 heavy (non-hydrogen) atoms. The van der Waals surface area contributed by atoms with Gasteiger partial charge in [0.25, 0.3) is 0 Å². The van der Waals surface area contributed by atoms with E-state index in [9.17, 15) is 13.6 Å². The molecule has 1 aromatic rings. The molecule has 0 aliphatic carbocycles. The molecule has 0 saturated carbocycles. The second-order valence-electron chi connectivity index (χ2n) is 3.38. The Hall–Kier alpha value is -1.37. The highest BCUT2D eigenvalue weighted by molar-refractivity contribution is 9.09. The summed E-state index contributed by atoms with van der Waals surface area (Å²) < 4.78 is 34.1. The van der Waals surface area contributed by atoms with Crippen molar-refractivity contribution in [3.05, 3.63) is 18.2 Å². The maximum absolute atomic E-state index is 12.8. The third kappa shape index (κ3) is 2.33. The third-order valence-corrected chi connectivity index (χ3v) is 2.74. The van der Waals surface area contributed by atoms with Crippen LogP contribution in [0.15, 0.2) is 18.2 Å². The minimum absolute atomic E-state index is 0.0431. The molecular weight excluding hydrogens is 300 g/mol. The molecule has 2 rings (SSSR count). The number of halogens is 3. The van der Waals surface area contributed by atoms with Gasteiger partial charge < -0.3 is 14.4 Å². The first-order valence-corrected chi connectivity index (χ1v) is 5.77. The van der Waals surface area contributed by atoms with Crippen LogP contribution in [0.25, 0.3) is 0 Å². The highest BCUT2D eigenvalue weighted by Crippen LogP contribution is 2.42. The van der Waals surface area contributed by atoms with Crippen molar-refractivity contribution in [1.29, 1.82) is 0 Å². The monoisotopic (exact) mass is 307 g/mol. The van der Waals surface area contributed by atoms with E-state index in [1.54, 1.807) is 7.05 Å². The van der Waals surface area contributed by atoms with Gasteiger partial charge in [0, 0.05) is 18.8 Å². The van der Waals surface area contributed by atoms with E-state index in [-0.39, 0.29) is 22.7 Å². The highest BCUT2D eigenvalue weighted by Gasteiger charge is 2.43. The van der Waals surface area contributed by atoms with Crippen LogP contribution in [0.3, 0.4) is 0 Å². The van der Waals surface area contributed by atoms with Crippen LogP contribution in [0.5, 0.6) is 11.5 Å². The molecule has 0 bridgehead atoms. The fourth-order valence-corrected chi connectivity index (χ4v) is 1.76. The Morgan fingerprint density at radius 2 is 2.06 bits per heavy atom. The first kappa shape index (κ1) is 12.1.